The molecule has 0 spiro atoms. The fraction of sp³-hybridized carbons (Fsp3) is 0.647. The number of allylic oxidation sites excluding steroid dienone is 4. The van der Waals surface area contributed by atoms with E-state index in [1.165, 1.54) is 20.3 Å². The number of fused-ring (bicyclic) bond motifs is 1. The van der Waals surface area contributed by atoms with Crippen LogP contribution in [-0.4, -0.2) is 158 Å². The van der Waals surface area contributed by atoms with Gasteiger partial charge in [-0.25, -0.2) is 0 Å². The predicted molar refractivity (Wildman–Crippen MR) is 249 cm³/mol. The van der Waals surface area contributed by atoms with Crippen molar-refractivity contribution in [2.75, 3.05) is 34.9 Å². The number of likely N-dealkylation sites (N-methyl/N-ethyl adjacent to an activating group) is 1. The molecular formula is C51H74N2O14. The van der Waals surface area contributed by atoms with Gasteiger partial charge < -0.3 is 62.9 Å². The van der Waals surface area contributed by atoms with Crippen LogP contribution in [0.5, 0.6) is 0 Å². The molecule has 1 aromatic heterocycles. The van der Waals surface area contributed by atoms with Crippen molar-refractivity contribution >= 4 is 28.9 Å². The van der Waals surface area contributed by atoms with Gasteiger partial charge in [-0.2, -0.15) is 0 Å². The Labute approximate surface area is 395 Å². The van der Waals surface area contributed by atoms with E-state index in [0.29, 0.717) is 18.4 Å². The number of hydrogen-bond donors (Lipinski definition) is 3. The molecule has 0 aliphatic carbocycles. The Balaban J connectivity index is 1.36. The molecule has 3 aliphatic rings. The number of carbonyl (C=O) groups excluding carboxylic acids is 3. The number of cyclic esters (lactones) is 1. The number of ether oxygens (including phenoxy) is 8. The molecule has 0 amide bonds. The molecule has 5 rings (SSSR count). The van der Waals surface area contributed by atoms with Crippen LogP contribution in [0.2, 0.25) is 0 Å². The second-order valence-electron chi connectivity index (χ2n) is 18.6. The van der Waals surface area contributed by atoms with Crippen LogP contribution in [0.4, 0.5) is 0 Å². The highest BCUT2D eigenvalue weighted by molar-refractivity contribution is 5.91. The first kappa shape index (κ1) is 54.0. The summed E-state index contributed by atoms with van der Waals surface area (Å²) in [6.07, 6.45) is 1.13. The van der Waals surface area contributed by atoms with Crippen LogP contribution < -0.4 is 0 Å². The zero-order valence-electron chi connectivity index (χ0n) is 40.7. The Hall–Kier alpha value is -3.94. The van der Waals surface area contributed by atoms with Crippen LogP contribution in [0.15, 0.2) is 72.7 Å². The van der Waals surface area contributed by atoms with Gasteiger partial charge >= 0.3 is 5.97 Å². The van der Waals surface area contributed by atoms with Crippen molar-refractivity contribution in [2.24, 2.45) is 23.7 Å². The molecule has 0 bridgehead atoms. The van der Waals surface area contributed by atoms with E-state index >= 15 is 0 Å². The van der Waals surface area contributed by atoms with Gasteiger partial charge in [0.05, 0.1) is 55.3 Å². The van der Waals surface area contributed by atoms with Gasteiger partial charge in [-0.05, 0) is 89.9 Å². The van der Waals surface area contributed by atoms with Gasteiger partial charge in [0.1, 0.15) is 42.9 Å². The molecule has 2 fully saturated rings. The summed E-state index contributed by atoms with van der Waals surface area (Å²) in [5.41, 5.74) is 2.63. The zero-order valence-corrected chi connectivity index (χ0v) is 40.7. The minimum atomic E-state index is -1.33. The minimum absolute atomic E-state index is 0.00857. The summed E-state index contributed by atoms with van der Waals surface area (Å²) in [6.45, 7) is 10.7. The molecule has 2 saturated heterocycles. The maximum absolute atomic E-state index is 13.8. The molecule has 4 heterocycles. The molecule has 0 unspecified atom stereocenters. The van der Waals surface area contributed by atoms with Crippen molar-refractivity contribution < 1.29 is 67.6 Å². The average Bonchev–Trinajstić information content (AvgIpc) is 3.30. The highest BCUT2D eigenvalue weighted by atomic mass is 16.7. The quantitative estimate of drug-likeness (QED) is 0.124. The molecule has 3 aliphatic heterocycles. The molecule has 16 heteroatoms. The highest BCUT2D eigenvalue weighted by Gasteiger charge is 2.49. The van der Waals surface area contributed by atoms with Gasteiger partial charge in [-0.3, -0.25) is 14.6 Å². The van der Waals surface area contributed by atoms with E-state index in [4.69, 9.17) is 37.9 Å². The number of aromatic nitrogens is 1. The highest BCUT2D eigenvalue weighted by Crippen LogP contribution is 2.35. The van der Waals surface area contributed by atoms with Crippen LogP contribution >= 0.6 is 0 Å². The fourth-order valence-corrected chi connectivity index (χ4v) is 9.49. The van der Waals surface area contributed by atoms with Crippen molar-refractivity contribution in [3.8, 4) is 0 Å². The molecule has 67 heavy (non-hydrogen) atoms. The minimum Gasteiger partial charge on any atom is -0.494 e. The molecule has 0 radical (unpaired) electrons. The van der Waals surface area contributed by atoms with Crippen molar-refractivity contribution in [3.05, 3.63) is 78.2 Å². The van der Waals surface area contributed by atoms with Gasteiger partial charge in [-0.15, -0.1) is 0 Å². The average molecular weight is 939 g/mol. The van der Waals surface area contributed by atoms with Crippen LogP contribution in [0, 0.1) is 23.7 Å². The summed E-state index contributed by atoms with van der Waals surface area (Å²) in [5, 5.41) is 35.5. The second-order valence-corrected chi connectivity index (χ2v) is 18.6. The summed E-state index contributed by atoms with van der Waals surface area (Å²) in [7, 11) is 6.59. The molecule has 17 atom stereocenters. The first-order valence-electron chi connectivity index (χ1n) is 23.5. The third kappa shape index (κ3) is 14.1. The van der Waals surface area contributed by atoms with E-state index in [0.717, 1.165) is 22.8 Å². The Bertz CT molecular complexity index is 1990. The van der Waals surface area contributed by atoms with E-state index < -0.39 is 116 Å². The largest absolute Gasteiger partial charge is 0.494 e. The normalized spacial score (nSPS) is 37.5. The summed E-state index contributed by atoms with van der Waals surface area (Å²) in [6, 6.07) is 9.37. The number of para-hydroxylation sites is 1. The van der Waals surface area contributed by atoms with E-state index in [-0.39, 0.29) is 25.2 Å². The maximum Gasteiger partial charge on any atom is 0.308 e. The number of nitrogens with zero attached hydrogens (tertiary/aromatic N) is 2. The van der Waals surface area contributed by atoms with Crippen LogP contribution in [-0.2, 0) is 58.7 Å². The Kier molecular flexibility index (Phi) is 20.6. The lowest BCUT2D eigenvalue weighted by Gasteiger charge is -2.47. The molecule has 2 aromatic rings. The number of benzene rings is 1. The van der Waals surface area contributed by atoms with E-state index in [2.05, 4.69) is 11.1 Å². The summed E-state index contributed by atoms with van der Waals surface area (Å²) in [4.78, 5) is 46.3. The Morgan fingerprint density at radius 2 is 1.63 bits per heavy atom. The first-order valence-corrected chi connectivity index (χ1v) is 23.5. The number of rotatable bonds is 15. The lowest BCUT2D eigenvalue weighted by molar-refractivity contribution is -0.304. The smallest absolute Gasteiger partial charge is 0.308 e. The molecule has 16 nitrogen and oxygen atoms in total. The zero-order chi connectivity index (χ0) is 48.9. The SMILES string of the molecule is CC[C@H]1OC(=O)C[C@@H](O)[C@H](C)[C@@H](O[C@@H]2O[C@H](C)[C@@H](O/C=C/Cc3cnc4ccccc4c3)[C@H](N(C)C)[C@H]2O)[C@@H](CC=O)C[C@@H](C)C(=O)/C=C/C(C)=C/[C@@H]1CO[C@@H]1O[C@H](C)[C@@H](O)[C@@H](OC)[C@H]1OC. The maximum atomic E-state index is 13.8. The fourth-order valence-electron chi connectivity index (χ4n) is 9.49. The number of pyridine rings is 1. The summed E-state index contributed by atoms with van der Waals surface area (Å²) in [5.74, 6) is -3.40. The number of aliphatic hydroxyl groups excluding tert-OH is 3. The predicted octanol–water partition coefficient (Wildman–Crippen LogP) is 4.89. The van der Waals surface area contributed by atoms with Crippen molar-refractivity contribution in [1.82, 2.24) is 9.88 Å². The Morgan fingerprint density at radius 3 is 2.31 bits per heavy atom. The summed E-state index contributed by atoms with van der Waals surface area (Å²) < 4.78 is 48.9. The van der Waals surface area contributed by atoms with Gasteiger partial charge in [0.25, 0.3) is 0 Å². The van der Waals surface area contributed by atoms with Crippen LogP contribution in [0.3, 0.4) is 0 Å². The number of aliphatic hydroxyl groups is 3. The standard InChI is InChI=1S/C51H74N2O14/c1-11-41-37(28-63-51-49(61-10)48(60-9)44(58)32(5)64-51)23-29(2)18-19-39(55)30(3)24-36(20-21-54)46(31(4)40(56)26-42(57)66-41)67-50-45(59)43(53(7)8)47(33(6)65-50)62-22-14-15-34-25-35-16-12-13-17-38(35)52-27-34/h12-14,16-19,21-23,25,27,30-33,36-37,40-41,43-51,56,58-59H,11,15,20,24,26,28H2,1-10H3/b19-18+,22-14+,29-23+/t30-,31+,32-,33-,36+,37-,40-,41-,43-,44-,45-,46-,47-,48-,49-,50+,51-/m1/s1. The van der Waals surface area contributed by atoms with E-state index in [1.54, 1.807) is 33.1 Å². The second kappa shape index (κ2) is 25.6. The number of methoxy groups -OCH3 is 2. The monoisotopic (exact) mass is 939 g/mol. The van der Waals surface area contributed by atoms with Crippen molar-refractivity contribution in [1.29, 1.82) is 0 Å². The third-order valence-corrected chi connectivity index (χ3v) is 13.4. The number of esters is 1. The number of hydrogen-bond acceptors (Lipinski definition) is 16. The van der Waals surface area contributed by atoms with Crippen molar-refractivity contribution in [2.45, 2.75) is 153 Å². The lowest BCUT2D eigenvalue weighted by Crippen LogP contribution is -2.63. The topological polar surface area (TPSA) is 202 Å². The van der Waals surface area contributed by atoms with E-state index in [9.17, 15) is 29.7 Å². The number of ketones is 1. The third-order valence-electron chi connectivity index (χ3n) is 13.4. The molecule has 0 saturated carbocycles. The van der Waals surface area contributed by atoms with Crippen LogP contribution in [0.1, 0.15) is 72.8 Å². The van der Waals surface area contributed by atoms with Gasteiger partial charge in [0, 0.05) is 50.0 Å². The summed E-state index contributed by atoms with van der Waals surface area (Å²) >= 11 is 0. The first-order chi connectivity index (χ1) is 32.0. The number of aldehydes is 1. The molecule has 3 N–H and O–H groups in total. The van der Waals surface area contributed by atoms with Crippen LogP contribution in [0.25, 0.3) is 10.9 Å². The molecular weight excluding hydrogens is 865 g/mol. The van der Waals surface area contributed by atoms with E-state index in [1.807, 2.05) is 82.4 Å². The Morgan fingerprint density at radius 1 is 0.910 bits per heavy atom. The molecule has 372 valence electrons. The number of carbonyl (C=O) groups is 3. The van der Waals surface area contributed by atoms with Crippen molar-refractivity contribution in [3.63, 3.8) is 0 Å². The molecule has 1 aromatic carbocycles. The lowest BCUT2D eigenvalue weighted by atomic mass is 9.79. The van der Waals surface area contributed by atoms with Gasteiger partial charge in [-0.1, -0.05) is 56.7 Å². The van der Waals surface area contributed by atoms with Gasteiger partial charge in [0.2, 0.25) is 0 Å². The van der Waals surface area contributed by atoms with Gasteiger partial charge in [0.15, 0.2) is 18.4 Å².